The molecule has 9 heteroatoms. The predicted octanol–water partition coefficient (Wildman–Crippen LogP) is 6.04. The zero-order chi connectivity index (χ0) is 26.8. The Labute approximate surface area is 223 Å². The maximum atomic E-state index is 15.2. The van der Waals surface area contributed by atoms with E-state index in [4.69, 9.17) is 0 Å². The molecule has 4 heterocycles. The van der Waals surface area contributed by atoms with Gasteiger partial charge in [-0.1, -0.05) is 30.3 Å². The smallest absolute Gasteiger partial charge is 0.273 e. The van der Waals surface area contributed by atoms with Gasteiger partial charge in [0.05, 0.1) is 18.3 Å². The number of carbonyl (C=O) groups excluding carboxylic acids is 1. The number of halogens is 2. The van der Waals surface area contributed by atoms with Crippen molar-refractivity contribution in [3.63, 3.8) is 0 Å². The Bertz CT molecular complexity index is 1750. The minimum atomic E-state index is -1.29. The molecule has 0 bridgehead atoms. The number of imidazole rings is 1. The van der Waals surface area contributed by atoms with Crippen molar-refractivity contribution in [2.75, 3.05) is 6.54 Å². The minimum absolute atomic E-state index is 0.0648. The highest BCUT2D eigenvalue weighted by atomic mass is 19.1. The number of hydrogen-bond donors (Lipinski definition) is 0. The molecule has 1 amide bonds. The van der Waals surface area contributed by atoms with Gasteiger partial charge in [-0.15, -0.1) is 0 Å². The molecule has 2 unspecified atom stereocenters. The van der Waals surface area contributed by atoms with Crippen LogP contribution in [0, 0.1) is 5.82 Å². The normalized spacial score (nSPS) is 18.9. The Balaban J connectivity index is 1.34. The highest BCUT2D eigenvalue weighted by Gasteiger charge is 2.35. The van der Waals surface area contributed by atoms with Crippen LogP contribution in [0.3, 0.4) is 0 Å². The van der Waals surface area contributed by atoms with Crippen molar-refractivity contribution in [3.05, 3.63) is 95.2 Å². The molecule has 7 rings (SSSR count). The summed E-state index contributed by atoms with van der Waals surface area (Å²) < 4.78 is 33.7. The first-order valence-electron chi connectivity index (χ1n) is 13.1. The van der Waals surface area contributed by atoms with Gasteiger partial charge in [-0.25, -0.2) is 23.3 Å². The fraction of sp³-hybridized carbons (Fsp3) is 0.267. The number of hydrogen-bond acceptors (Lipinski definition) is 4. The summed E-state index contributed by atoms with van der Waals surface area (Å²) in [6, 6.07) is 15.5. The summed E-state index contributed by atoms with van der Waals surface area (Å²) in [7, 11) is 1.84. The molecule has 2 atom stereocenters. The van der Waals surface area contributed by atoms with E-state index in [1.807, 2.05) is 42.8 Å². The lowest BCUT2D eigenvalue weighted by atomic mass is 9.92. The fourth-order valence-electron chi connectivity index (χ4n) is 5.58. The van der Waals surface area contributed by atoms with Gasteiger partial charge in [-0.05, 0) is 60.6 Å². The molecule has 7 nitrogen and oxygen atoms in total. The maximum absolute atomic E-state index is 15.2. The zero-order valence-electron chi connectivity index (χ0n) is 21.6. The SMILES string of the molecule is CC1c2ccccc2C(F)CN1C(=O)c1cc(-c2nccn2C)n2nc(-c3ccc(C4CC4)cc3F)cc2n1. The number of rotatable bonds is 4. The quantitative estimate of drug-likeness (QED) is 0.287. The van der Waals surface area contributed by atoms with Crippen LogP contribution >= 0.6 is 0 Å². The topological polar surface area (TPSA) is 68.3 Å². The van der Waals surface area contributed by atoms with Gasteiger partial charge in [0.1, 0.15) is 23.4 Å². The van der Waals surface area contributed by atoms with Crippen LogP contribution in [0.1, 0.15) is 65.1 Å². The van der Waals surface area contributed by atoms with E-state index in [-0.39, 0.29) is 30.0 Å². The highest BCUT2D eigenvalue weighted by molar-refractivity contribution is 5.94. The van der Waals surface area contributed by atoms with Gasteiger partial charge in [0, 0.05) is 31.1 Å². The van der Waals surface area contributed by atoms with Gasteiger partial charge >= 0.3 is 0 Å². The number of aryl methyl sites for hydroxylation is 1. The second-order valence-electron chi connectivity index (χ2n) is 10.4. The Morgan fingerprint density at radius 1 is 1.05 bits per heavy atom. The summed E-state index contributed by atoms with van der Waals surface area (Å²) in [6.07, 6.45) is 4.33. The third-order valence-electron chi connectivity index (χ3n) is 7.88. The van der Waals surface area contributed by atoms with E-state index in [1.54, 1.807) is 47.2 Å². The number of benzene rings is 2. The zero-order valence-corrected chi connectivity index (χ0v) is 21.6. The van der Waals surface area contributed by atoms with Crippen molar-refractivity contribution in [1.29, 1.82) is 0 Å². The molecule has 0 spiro atoms. The van der Waals surface area contributed by atoms with Gasteiger partial charge < -0.3 is 9.47 Å². The number of fused-ring (bicyclic) bond motifs is 2. The molecule has 3 aromatic heterocycles. The highest BCUT2D eigenvalue weighted by Crippen LogP contribution is 2.41. The molecule has 39 heavy (non-hydrogen) atoms. The second-order valence-corrected chi connectivity index (χ2v) is 10.4. The number of carbonyl (C=O) groups is 1. The molecule has 1 saturated carbocycles. The van der Waals surface area contributed by atoms with Gasteiger partial charge in [0.2, 0.25) is 0 Å². The Kier molecular flexibility index (Phi) is 5.36. The first-order valence-corrected chi connectivity index (χ1v) is 13.1. The van der Waals surface area contributed by atoms with Crippen molar-refractivity contribution < 1.29 is 13.6 Å². The molecule has 0 N–H and O–H groups in total. The summed E-state index contributed by atoms with van der Waals surface area (Å²) >= 11 is 0. The lowest BCUT2D eigenvalue weighted by molar-refractivity contribution is 0.0585. The average molecular weight is 525 g/mol. The number of amides is 1. The van der Waals surface area contributed by atoms with E-state index in [2.05, 4.69) is 15.1 Å². The summed E-state index contributed by atoms with van der Waals surface area (Å²) in [5.74, 6) is 0.275. The second kappa shape index (κ2) is 8.83. The van der Waals surface area contributed by atoms with E-state index in [0.717, 1.165) is 24.0 Å². The van der Waals surface area contributed by atoms with E-state index < -0.39 is 6.17 Å². The number of aromatic nitrogens is 5. The fourth-order valence-corrected chi connectivity index (χ4v) is 5.58. The number of alkyl halides is 1. The Morgan fingerprint density at radius 3 is 2.56 bits per heavy atom. The molecule has 5 aromatic rings. The molecular formula is C30H26F2N6O. The van der Waals surface area contributed by atoms with Crippen LogP contribution < -0.4 is 0 Å². The summed E-state index contributed by atoms with van der Waals surface area (Å²) in [5.41, 5.74) is 4.23. The van der Waals surface area contributed by atoms with E-state index >= 15 is 8.78 Å². The van der Waals surface area contributed by atoms with Gasteiger partial charge in [-0.3, -0.25) is 4.79 Å². The van der Waals surface area contributed by atoms with E-state index in [0.29, 0.717) is 39.9 Å². The Hall–Kier alpha value is -4.40. The largest absolute Gasteiger partial charge is 0.333 e. The third kappa shape index (κ3) is 3.91. The van der Waals surface area contributed by atoms with Gasteiger partial charge in [0.15, 0.2) is 11.5 Å². The lowest BCUT2D eigenvalue weighted by Crippen LogP contribution is -2.40. The van der Waals surface area contributed by atoms with Gasteiger partial charge in [0.25, 0.3) is 5.91 Å². The first kappa shape index (κ1) is 23.7. The molecule has 0 saturated heterocycles. The van der Waals surface area contributed by atoms with Crippen LogP contribution in [0.25, 0.3) is 28.4 Å². The monoisotopic (exact) mass is 524 g/mol. The van der Waals surface area contributed by atoms with Crippen LogP contribution in [0.2, 0.25) is 0 Å². The van der Waals surface area contributed by atoms with Crippen LogP contribution in [-0.4, -0.2) is 41.5 Å². The molecule has 1 aliphatic heterocycles. The van der Waals surface area contributed by atoms with Crippen LogP contribution in [-0.2, 0) is 7.05 Å². The molecule has 1 fully saturated rings. The van der Waals surface area contributed by atoms with Crippen molar-refractivity contribution >= 4 is 11.6 Å². The van der Waals surface area contributed by atoms with Gasteiger partial charge in [-0.2, -0.15) is 5.10 Å². The summed E-state index contributed by atoms with van der Waals surface area (Å²) in [6.45, 7) is 1.83. The summed E-state index contributed by atoms with van der Waals surface area (Å²) in [4.78, 5) is 24.4. The lowest BCUT2D eigenvalue weighted by Gasteiger charge is -2.36. The molecule has 1 aliphatic carbocycles. The maximum Gasteiger partial charge on any atom is 0.273 e. The van der Waals surface area contributed by atoms with Crippen LogP contribution in [0.15, 0.2) is 67.0 Å². The minimum Gasteiger partial charge on any atom is -0.333 e. The standard InChI is InChI=1S/C30H26F2N6O/c1-17-20-5-3-4-6-21(20)24(32)16-37(17)30(39)26-14-27(29-33-11-12-36(29)2)38-28(34-26)15-25(35-38)22-10-9-19(13-23(22)31)18-7-8-18/h3-6,9-15,17-18,24H,7-8,16H2,1-2H3. The number of nitrogens with zero attached hydrogens (tertiary/aromatic N) is 6. The first-order chi connectivity index (χ1) is 18.9. The third-order valence-corrected chi connectivity index (χ3v) is 7.88. The van der Waals surface area contributed by atoms with Crippen molar-refractivity contribution in [1.82, 2.24) is 29.0 Å². The van der Waals surface area contributed by atoms with E-state index in [9.17, 15) is 4.79 Å². The molecular weight excluding hydrogens is 498 g/mol. The molecule has 196 valence electrons. The van der Waals surface area contributed by atoms with Crippen molar-refractivity contribution in [2.45, 2.75) is 37.9 Å². The Morgan fingerprint density at radius 2 is 1.85 bits per heavy atom. The van der Waals surface area contributed by atoms with Crippen LogP contribution in [0.5, 0.6) is 0 Å². The van der Waals surface area contributed by atoms with Crippen molar-refractivity contribution in [2.24, 2.45) is 7.05 Å². The molecule has 2 aromatic carbocycles. The van der Waals surface area contributed by atoms with Crippen LogP contribution in [0.4, 0.5) is 8.78 Å². The van der Waals surface area contributed by atoms with Crippen molar-refractivity contribution in [3.8, 4) is 22.8 Å². The molecule has 0 radical (unpaired) electrons. The average Bonchev–Trinajstić information content (AvgIpc) is 3.57. The predicted molar refractivity (Wildman–Crippen MR) is 142 cm³/mol. The summed E-state index contributed by atoms with van der Waals surface area (Å²) in [5, 5.41) is 4.68. The van der Waals surface area contributed by atoms with E-state index in [1.165, 1.54) is 4.90 Å². The molecule has 2 aliphatic rings.